The molecule has 1 aromatic carbocycles. The Kier molecular flexibility index (Phi) is 5.66. The fourth-order valence-corrected chi connectivity index (χ4v) is 3.60. The van der Waals surface area contributed by atoms with Crippen LogP contribution in [0.3, 0.4) is 0 Å². The van der Waals surface area contributed by atoms with Gasteiger partial charge in [-0.1, -0.05) is 18.2 Å². The summed E-state index contributed by atoms with van der Waals surface area (Å²) in [6, 6.07) is 6.20. The van der Waals surface area contributed by atoms with Crippen molar-refractivity contribution in [3.63, 3.8) is 0 Å². The Morgan fingerprint density at radius 2 is 1.79 bits per heavy atom. The number of benzene rings is 1. The number of rotatable bonds is 7. The highest BCUT2D eigenvalue weighted by Crippen LogP contribution is 2.61. The number of para-hydroxylation sites is 1. The molecule has 0 saturated carbocycles. The van der Waals surface area contributed by atoms with E-state index in [0.717, 1.165) is 0 Å². The zero-order valence-corrected chi connectivity index (χ0v) is 12.1. The Morgan fingerprint density at radius 3 is 2.26 bits per heavy atom. The quantitative estimate of drug-likeness (QED) is 0.431. The average Bonchev–Trinajstić information content (AvgIpc) is 2.38. The van der Waals surface area contributed by atoms with Gasteiger partial charge in [0.1, 0.15) is 0 Å². The van der Waals surface area contributed by atoms with Gasteiger partial charge in [0.2, 0.25) is 0 Å². The predicted octanol–water partition coefficient (Wildman–Crippen LogP) is 3.92. The van der Waals surface area contributed by atoms with Crippen LogP contribution >= 0.6 is 7.60 Å². The molecular formula is C12H18NO5P. The maximum atomic E-state index is 12.6. The van der Waals surface area contributed by atoms with E-state index < -0.39 is 18.2 Å². The first-order valence-corrected chi connectivity index (χ1v) is 7.69. The van der Waals surface area contributed by atoms with Gasteiger partial charge in [-0.2, -0.15) is 0 Å². The zero-order chi connectivity index (χ0) is 14.5. The topological polar surface area (TPSA) is 78.7 Å². The summed E-state index contributed by atoms with van der Waals surface area (Å²) in [5, 5.41) is 11.0. The van der Waals surface area contributed by atoms with Crippen molar-refractivity contribution in [3.8, 4) is 0 Å². The Balaban J connectivity index is 3.20. The Hall–Kier alpha value is -1.23. The molecule has 6 nitrogen and oxygen atoms in total. The molecule has 1 atom stereocenters. The Labute approximate surface area is 112 Å². The molecule has 0 N–H and O–H groups in total. The van der Waals surface area contributed by atoms with Gasteiger partial charge < -0.3 is 9.05 Å². The van der Waals surface area contributed by atoms with Crippen LogP contribution < -0.4 is 0 Å². The maximum Gasteiger partial charge on any atom is 0.338 e. The van der Waals surface area contributed by atoms with Crippen molar-refractivity contribution < 1.29 is 18.5 Å². The van der Waals surface area contributed by atoms with E-state index in [9.17, 15) is 14.7 Å². The van der Waals surface area contributed by atoms with Crippen LogP contribution in [0.15, 0.2) is 24.3 Å². The molecule has 0 bridgehead atoms. The van der Waals surface area contributed by atoms with Crippen molar-refractivity contribution in [3.05, 3.63) is 39.9 Å². The van der Waals surface area contributed by atoms with Crippen molar-refractivity contribution in [2.45, 2.75) is 26.4 Å². The number of nitro benzene ring substituents is 1. The molecule has 0 spiro atoms. The van der Waals surface area contributed by atoms with Gasteiger partial charge in [-0.05, 0) is 20.8 Å². The van der Waals surface area contributed by atoms with Crippen LogP contribution in [-0.2, 0) is 13.6 Å². The van der Waals surface area contributed by atoms with E-state index >= 15 is 0 Å². The summed E-state index contributed by atoms with van der Waals surface area (Å²) in [6.45, 7) is 5.48. The van der Waals surface area contributed by atoms with Crippen LogP contribution in [0.2, 0.25) is 0 Å². The molecule has 0 aliphatic carbocycles. The smallest absolute Gasteiger partial charge is 0.308 e. The lowest BCUT2D eigenvalue weighted by Gasteiger charge is -2.23. The van der Waals surface area contributed by atoms with E-state index in [-0.39, 0.29) is 18.9 Å². The molecule has 0 radical (unpaired) electrons. The standard InChI is InChI=1S/C12H18NO5P/c1-4-17-19(16,18-5-2)10(3)11-8-6-7-9-12(11)13(14)15/h6-10H,4-5H2,1-3H3. The first-order valence-electron chi connectivity index (χ1n) is 6.08. The number of nitro groups is 1. The van der Waals surface area contributed by atoms with Crippen molar-refractivity contribution in [2.24, 2.45) is 0 Å². The lowest BCUT2D eigenvalue weighted by Crippen LogP contribution is -2.06. The second-order valence-electron chi connectivity index (χ2n) is 3.87. The highest BCUT2D eigenvalue weighted by atomic mass is 31.2. The van der Waals surface area contributed by atoms with Crippen LogP contribution in [0.1, 0.15) is 32.0 Å². The first-order chi connectivity index (χ1) is 8.96. The lowest BCUT2D eigenvalue weighted by atomic mass is 10.1. The van der Waals surface area contributed by atoms with Gasteiger partial charge in [-0.25, -0.2) is 0 Å². The third-order valence-electron chi connectivity index (χ3n) is 2.68. The second-order valence-corrected chi connectivity index (χ2v) is 6.24. The Bertz CT molecular complexity index is 481. The monoisotopic (exact) mass is 287 g/mol. The predicted molar refractivity (Wildman–Crippen MR) is 72.4 cm³/mol. The SMILES string of the molecule is CCOP(=O)(OCC)C(C)c1ccccc1[N+](=O)[O-]. The molecule has 106 valence electrons. The summed E-state index contributed by atoms with van der Waals surface area (Å²) >= 11 is 0. The van der Waals surface area contributed by atoms with Crippen molar-refractivity contribution in [1.29, 1.82) is 0 Å². The van der Waals surface area contributed by atoms with Crippen molar-refractivity contribution >= 4 is 13.3 Å². The fourth-order valence-electron chi connectivity index (χ4n) is 1.80. The largest absolute Gasteiger partial charge is 0.338 e. The summed E-state index contributed by atoms with van der Waals surface area (Å²) in [4.78, 5) is 10.5. The molecule has 7 heteroatoms. The van der Waals surface area contributed by atoms with Gasteiger partial charge in [0.05, 0.1) is 23.8 Å². The summed E-state index contributed by atoms with van der Waals surface area (Å²) in [5.74, 6) is 0. The van der Waals surface area contributed by atoms with E-state index in [2.05, 4.69) is 0 Å². The van der Waals surface area contributed by atoms with E-state index in [1.54, 1.807) is 39.0 Å². The average molecular weight is 287 g/mol. The van der Waals surface area contributed by atoms with Gasteiger partial charge in [0.25, 0.3) is 5.69 Å². The molecule has 19 heavy (non-hydrogen) atoms. The maximum absolute atomic E-state index is 12.6. The van der Waals surface area contributed by atoms with Gasteiger partial charge in [0, 0.05) is 11.6 Å². The van der Waals surface area contributed by atoms with Crippen LogP contribution in [0, 0.1) is 10.1 Å². The molecular weight excluding hydrogens is 269 g/mol. The number of nitrogens with zero attached hydrogens (tertiary/aromatic N) is 1. The number of hydrogen-bond acceptors (Lipinski definition) is 5. The van der Waals surface area contributed by atoms with Gasteiger partial charge >= 0.3 is 7.60 Å². The third-order valence-corrected chi connectivity index (χ3v) is 5.14. The summed E-state index contributed by atoms with van der Waals surface area (Å²) in [6.07, 6.45) is 0. The molecule has 1 aromatic rings. The molecule has 1 rings (SSSR count). The van der Waals surface area contributed by atoms with Crippen LogP contribution in [0.5, 0.6) is 0 Å². The normalized spacial score (nSPS) is 13.2. The molecule has 0 saturated heterocycles. The highest BCUT2D eigenvalue weighted by molar-refractivity contribution is 7.54. The van der Waals surface area contributed by atoms with E-state index in [1.165, 1.54) is 6.07 Å². The van der Waals surface area contributed by atoms with E-state index in [0.29, 0.717) is 5.56 Å². The van der Waals surface area contributed by atoms with Gasteiger partial charge in [-0.3, -0.25) is 14.7 Å². The van der Waals surface area contributed by atoms with E-state index in [4.69, 9.17) is 9.05 Å². The van der Waals surface area contributed by atoms with Gasteiger partial charge in [0.15, 0.2) is 0 Å². The minimum atomic E-state index is -3.40. The fraction of sp³-hybridized carbons (Fsp3) is 0.500. The molecule has 0 heterocycles. The molecule has 0 aromatic heterocycles. The summed E-state index contributed by atoms with van der Waals surface area (Å²) in [7, 11) is -3.40. The summed E-state index contributed by atoms with van der Waals surface area (Å²) < 4.78 is 23.1. The molecule has 0 fully saturated rings. The summed E-state index contributed by atoms with van der Waals surface area (Å²) in [5.41, 5.74) is -0.402. The minimum absolute atomic E-state index is 0.0744. The molecule has 0 aliphatic rings. The molecule has 1 unspecified atom stereocenters. The lowest BCUT2D eigenvalue weighted by molar-refractivity contribution is -0.385. The second kappa shape index (κ2) is 6.80. The first kappa shape index (κ1) is 15.8. The van der Waals surface area contributed by atoms with Crippen molar-refractivity contribution in [2.75, 3.05) is 13.2 Å². The van der Waals surface area contributed by atoms with Crippen molar-refractivity contribution in [1.82, 2.24) is 0 Å². The molecule has 0 aliphatic heterocycles. The Morgan fingerprint density at radius 1 is 1.26 bits per heavy atom. The van der Waals surface area contributed by atoms with E-state index in [1.807, 2.05) is 0 Å². The van der Waals surface area contributed by atoms with Crippen LogP contribution in [0.4, 0.5) is 5.69 Å². The van der Waals surface area contributed by atoms with Crippen LogP contribution in [-0.4, -0.2) is 18.1 Å². The van der Waals surface area contributed by atoms with Gasteiger partial charge in [-0.15, -0.1) is 0 Å². The number of hydrogen-bond donors (Lipinski definition) is 0. The zero-order valence-electron chi connectivity index (χ0n) is 11.2. The molecule has 0 amide bonds. The highest BCUT2D eigenvalue weighted by Gasteiger charge is 2.36. The third kappa shape index (κ3) is 3.62. The van der Waals surface area contributed by atoms with Crippen LogP contribution in [0.25, 0.3) is 0 Å². The minimum Gasteiger partial charge on any atom is -0.308 e.